The molecule has 3 N–H and O–H groups in total. The third kappa shape index (κ3) is 4.44. The Bertz CT molecular complexity index is 503. The van der Waals surface area contributed by atoms with Crippen molar-refractivity contribution in [2.24, 2.45) is 0 Å². The maximum absolute atomic E-state index is 11.8. The molecule has 0 fully saturated rings. The van der Waals surface area contributed by atoms with Gasteiger partial charge in [-0.25, -0.2) is 4.79 Å². The summed E-state index contributed by atoms with van der Waals surface area (Å²) in [4.78, 5) is 23.5. The van der Waals surface area contributed by atoms with Crippen LogP contribution in [0.3, 0.4) is 0 Å². The number of rotatable bonds is 6. The molecule has 2 atom stereocenters. The average Bonchev–Trinajstić information content (AvgIpc) is 2.91. The number of carbonyl (C=O) groups excluding carboxylic acids is 1. The molecule has 2 unspecified atom stereocenters. The van der Waals surface area contributed by atoms with Crippen LogP contribution in [0.4, 0.5) is 4.79 Å². The number of amides is 2. The maximum atomic E-state index is 11.8. The molecule has 0 bridgehead atoms. The van der Waals surface area contributed by atoms with Crippen molar-refractivity contribution in [3.63, 3.8) is 0 Å². The Kier molecular flexibility index (Phi) is 5.58. The molecule has 7 heteroatoms. The van der Waals surface area contributed by atoms with Crippen LogP contribution in [0.5, 0.6) is 0 Å². The largest absolute Gasteiger partial charge is 0.481 e. The number of hydrogen-bond acceptors (Lipinski definition) is 4. The Morgan fingerprint density at radius 1 is 1.57 bits per heavy atom. The monoisotopic (exact) mass is 312 g/mol. The molecular weight excluding hydrogens is 292 g/mol. The molecule has 2 amide bonds. The van der Waals surface area contributed by atoms with E-state index in [2.05, 4.69) is 10.6 Å². The van der Waals surface area contributed by atoms with Crippen molar-refractivity contribution in [3.05, 3.63) is 21.9 Å². The quantitative estimate of drug-likeness (QED) is 0.700. The van der Waals surface area contributed by atoms with Crippen LogP contribution >= 0.6 is 11.3 Å². The van der Waals surface area contributed by atoms with Crippen molar-refractivity contribution < 1.29 is 19.4 Å². The number of carboxylic acid groups (broad SMARTS) is 1. The lowest BCUT2D eigenvalue weighted by molar-refractivity contribution is -0.137. The van der Waals surface area contributed by atoms with Gasteiger partial charge in [-0.1, -0.05) is 0 Å². The number of thiophene rings is 1. The van der Waals surface area contributed by atoms with Gasteiger partial charge in [-0.2, -0.15) is 0 Å². The van der Waals surface area contributed by atoms with E-state index in [1.54, 1.807) is 11.3 Å². The summed E-state index contributed by atoms with van der Waals surface area (Å²) in [6, 6.07) is 1.62. The number of fused-ring (bicyclic) bond motifs is 1. The van der Waals surface area contributed by atoms with Gasteiger partial charge in [-0.3, -0.25) is 4.79 Å². The lowest BCUT2D eigenvalue weighted by Crippen LogP contribution is -2.45. The van der Waals surface area contributed by atoms with Gasteiger partial charge >= 0.3 is 12.0 Å². The van der Waals surface area contributed by atoms with Crippen molar-refractivity contribution >= 4 is 23.3 Å². The molecule has 2 heterocycles. The van der Waals surface area contributed by atoms with Crippen molar-refractivity contribution in [1.29, 1.82) is 0 Å². The van der Waals surface area contributed by atoms with E-state index < -0.39 is 5.97 Å². The molecule has 0 saturated heterocycles. The Hall–Kier alpha value is -1.60. The molecule has 1 aromatic heterocycles. The first-order valence-corrected chi connectivity index (χ1v) is 7.90. The minimum absolute atomic E-state index is 0.0554. The number of hydrogen-bond donors (Lipinski definition) is 3. The van der Waals surface area contributed by atoms with Crippen molar-refractivity contribution in [2.45, 2.75) is 38.3 Å². The Morgan fingerprint density at radius 2 is 2.38 bits per heavy atom. The van der Waals surface area contributed by atoms with Gasteiger partial charge in [-0.05, 0) is 30.4 Å². The number of aliphatic carboxylic acids is 1. The van der Waals surface area contributed by atoms with E-state index in [9.17, 15) is 9.59 Å². The Morgan fingerprint density at radius 3 is 3.14 bits per heavy atom. The first kappa shape index (κ1) is 15.8. The lowest BCUT2D eigenvalue weighted by Gasteiger charge is -2.29. The minimum Gasteiger partial charge on any atom is -0.481 e. The third-order valence-corrected chi connectivity index (χ3v) is 4.38. The predicted molar refractivity (Wildman–Crippen MR) is 79.6 cm³/mol. The SMILES string of the molecule is CC(NC(=O)NCCCC(=O)O)C1OCCc2sccc21. The van der Waals surface area contributed by atoms with Gasteiger partial charge in [-0.15, -0.1) is 11.3 Å². The Labute approximate surface area is 127 Å². The molecule has 0 aliphatic carbocycles. The van der Waals surface area contributed by atoms with Gasteiger partial charge in [0.15, 0.2) is 0 Å². The van der Waals surface area contributed by atoms with Crippen LogP contribution < -0.4 is 10.6 Å². The number of urea groups is 1. The summed E-state index contributed by atoms with van der Waals surface area (Å²) >= 11 is 1.72. The molecule has 6 nitrogen and oxygen atoms in total. The van der Waals surface area contributed by atoms with Crippen LogP contribution in [0.15, 0.2) is 11.4 Å². The second kappa shape index (κ2) is 7.42. The summed E-state index contributed by atoms with van der Waals surface area (Å²) in [7, 11) is 0. The summed E-state index contributed by atoms with van der Waals surface area (Å²) in [5.74, 6) is -0.855. The zero-order chi connectivity index (χ0) is 15.2. The van der Waals surface area contributed by atoms with Gasteiger partial charge in [0.25, 0.3) is 0 Å². The van der Waals surface area contributed by atoms with Gasteiger partial charge in [0, 0.05) is 24.3 Å². The van der Waals surface area contributed by atoms with Gasteiger partial charge in [0.05, 0.1) is 12.6 Å². The van der Waals surface area contributed by atoms with Gasteiger partial charge in [0.1, 0.15) is 6.10 Å². The van der Waals surface area contributed by atoms with E-state index >= 15 is 0 Å². The van der Waals surface area contributed by atoms with Crippen LogP contribution in [-0.4, -0.2) is 36.3 Å². The summed E-state index contributed by atoms with van der Waals surface area (Å²) in [5, 5.41) is 16.1. The number of carbonyl (C=O) groups is 2. The maximum Gasteiger partial charge on any atom is 0.315 e. The molecule has 1 aliphatic rings. The summed E-state index contributed by atoms with van der Waals surface area (Å²) in [6.45, 7) is 2.93. The normalized spacial score (nSPS) is 18.6. The summed E-state index contributed by atoms with van der Waals surface area (Å²) < 4.78 is 5.77. The van der Waals surface area contributed by atoms with Crippen LogP contribution in [-0.2, 0) is 16.0 Å². The molecule has 21 heavy (non-hydrogen) atoms. The van der Waals surface area contributed by atoms with E-state index in [0.29, 0.717) is 19.6 Å². The molecular formula is C14H20N2O4S. The molecule has 0 saturated carbocycles. The third-order valence-electron chi connectivity index (χ3n) is 3.38. The molecule has 116 valence electrons. The first-order valence-electron chi connectivity index (χ1n) is 7.02. The Balaban J connectivity index is 1.78. The number of ether oxygens (including phenoxy) is 1. The number of nitrogens with one attached hydrogen (secondary N) is 2. The van der Waals surface area contributed by atoms with E-state index in [0.717, 1.165) is 12.0 Å². The van der Waals surface area contributed by atoms with Crippen molar-refractivity contribution in [2.75, 3.05) is 13.2 Å². The molecule has 1 aromatic rings. The topological polar surface area (TPSA) is 87.7 Å². The molecule has 0 spiro atoms. The van der Waals surface area contributed by atoms with E-state index in [1.807, 2.05) is 18.4 Å². The second-order valence-electron chi connectivity index (χ2n) is 5.03. The standard InChI is InChI=1S/C14H20N2O4S/c1-9(16-14(19)15-6-2-3-12(17)18)13-10-5-8-21-11(10)4-7-20-13/h5,8-9,13H,2-4,6-7H2,1H3,(H,17,18)(H2,15,16,19). The fraction of sp³-hybridized carbons (Fsp3) is 0.571. The van der Waals surface area contributed by atoms with E-state index in [4.69, 9.17) is 9.84 Å². The summed E-state index contributed by atoms with van der Waals surface area (Å²) in [5.41, 5.74) is 1.16. The first-order chi connectivity index (χ1) is 10.1. The van der Waals surface area contributed by atoms with Crippen LogP contribution in [0.25, 0.3) is 0 Å². The highest BCUT2D eigenvalue weighted by Gasteiger charge is 2.27. The molecule has 1 aliphatic heterocycles. The lowest BCUT2D eigenvalue weighted by atomic mass is 10.0. The van der Waals surface area contributed by atoms with Gasteiger partial charge < -0.3 is 20.5 Å². The predicted octanol–water partition coefficient (Wildman–Crippen LogP) is 1.91. The molecule has 0 radical (unpaired) electrons. The summed E-state index contributed by atoms with van der Waals surface area (Å²) in [6.07, 6.45) is 1.29. The van der Waals surface area contributed by atoms with Gasteiger partial charge in [0.2, 0.25) is 0 Å². The smallest absolute Gasteiger partial charge is 0.315 e. The average molecular weight is 312 g/mol. The highest BCUT2D eigenvalue weighted by Crippen LogP contribution is 2.32. The zero-order valence-electron chi connectivity index (χ0n) is 11.9. The van der Waals surface area contributed by atoms with Crippen molar-refractivity contribution in [3.8, 4) is 0 Å². The molecule has 2 rings (SSSR count). The molecule has 0 aromatic carbocycles. The van der Waals surface area contributed by atoms with E-state index in [-0.39, 0.29) is 24.6 Å². The van der Waals surface area contributed by atoms with Crippen LogP contribution in [0.2, 0.25) is 0 Å². The van der Waals surface area contributed by atoms with Crippen LogP contribution in [0, 0.1) is 0 Å². The number of carboxylic acids is 1. The second-order valence-corrected chi connectivity index (χ2v) is 6.03. The van der Waals surface area contributed by atoms with E-state index in [1.165, 1.54) is 4.88 Å². The van der Waals surface area contributed by atoms with Crippen molar-refractivity contribution in [1.82, 2.24) is 10.6 Å². The fourth-order valence-electron chi connectivity index (χ4n) is 2.36. The highest BCUT2D eigenvalue weighted by atomic mass is 32.1. The highest BCUT2D eigenvalue weighted by molar-refractivity contribution is 7.10. The fourth-order valence-corrected chi connectivity index (χ4v) is 3.26. The minimum atomic E-state index is -0.855. The van der Waals surface area contributed by atoms with Crippen LogP contribution in [0.1, 0.15) is 36.3 Å². The zero-order valence-corrected chi connectivity index (χ0v) is 12.7.